The number of nitrogens with one attached hydrogen (secondary N) is 1. The van der Waals surface area contributed by atoms with E-state index >= 15 is 0 Å². The Labute approximate surface area is 216 Å². The van der Waals surface area contributed by atoms with Gasteiger partial charge in [0.05, 0.1) is 12.2 Å². The Balaban J connectivity index is 0.000000840. The largest absolute Gasteiger partial charge is 0.344 e. The number of rotatable bonds is 5. The SMILES string of the molecule is C=Nc1ccccc1C(C)=NCCN1C(=C)C2NC(N3CCCC(N)C3)=NC2N(C)C1=C.CC#CC. The highest BCUT2D eigenvalue weighted by molar-refractivity contribution is 6.03. The third-order valence-corrected chi connectivity index (χ3v) is 6.80. The van der Waals surface area contributed by atoms with Crippen LogP contribution >= 0.6 is 0 Å². The third kappa shape index (κ3) is 5.97. The number of fused-ring (bicyclic) bond motifs is 1. The second kappa shape index (κ2) is 12.4. The van der Waals surface area contributed by atoms with E-state index in [9.17, 15) is 0 Å². The van der Waals surface area contributed by atoms with Crippen LogP contribution in [0.5, 0.6) is 0 Å². The molecule has 0 bridgehead atoms. The van der Waals surface area contributed by atoms with Crippen LogP contribution in [-0.2, 0) is 0 Å². The first kappa shape index (κ1) is 27.0. The van der Waals surface area contributed by atoms with Crippen molar-refractivity contribution >= 4 is 24.1 Å². The van der Waals surface area contributed by atoms with Crippen LogP contribution in [0.4, 0.5) is 5.69 Å². The quantitative estimate of drug-likeness (QED) is 0.491. The van der Waals surface area contributed by atoms with E-state index in [0.29, 0.717) is 13.1 Å². The van der Waals surface area contributed by atoms with Crippen LogP contribution in [0, 0.1) is 11.8 Å². The number of hydrogen-bond donors (Lipinski definition) is 2. The minimum absolute atomic E-state index is 0.00872. The van der Waals surface area contributed by atoms with Gasteiger partial charge in [0.2, 0.25) is 0 Å². The monoisotopic (exact) mass is 488 g/mol. The van der Waals surface area contributed by atoms with Crippen LogP contribution in [0.15, 0.2) is 63.9 Å². The van der Waals surface area contributed by atoms with Crippen molar-refractivity contribution in [2.75, 3.05) is 33.2 Å². The number of likely N-dealkylation sites (N-methyl/N-ethyl adjacent to an activating group) is 1. The molecule has 0 saturated carbocycles. The molecule has 4 rings (SSSR count). The lowest BCUT2D eigenvalue weighted by molar-refractivity contribution is 0.157. The molecule has 0 radical (unpaired) electrons. The molecule has 2 fully saturated rings. The first-order valence-corrected chi connectivity index (χ1v) is 12.5. The van der Waals surface area contributed by atoms with E-state index in [0.717, 1.165) is 60.4 Å². The summed E-state index contributed by atoms with van der Waals surface area (Å²) in [5.41, 5.74) is 9.95. The van der Waals surface area contributed by atoms with Crippen molar-refractivity contribution < 1.29 is 0 Å². The molecular weight excluding hydrogens is 448 g/mol. The summed E-state index contributed by atoms with van der Waals surface area (Å²) in [4.78, 5) is 20.4. The van der Waals surface area contributed by atoms with Gasteiger partial charge >= 0.3 is 0 Å². The lowest BCUT2D eigenvalue weighted by atomic mass is 10.1. The van der Waals surface area contributed by atoms with Crippen LogP contribution in [0.1, 0.15) is 39.2 Å². The molecule has 192 valence electrons. The third-order valence-electron chi connectivity index (χ3n) is 6.80. The fourth-order valence-corrected chi connectivity index (χ4v) is 4.66. The lowest BCUT2D eigenvalue weighted by Gasteiger charge is -2.45. The zero-order chi connectivity index (χ0) is 26.2. The number of benzene rings is 1. The van der Waals surface area contributed by atoms with E-state index in [1.165, 1.54) is 0 Å². The van der Waals surface area contributed by atoms with Crippen LogP contribution < -0.4 is 11.1 Å². The van der Waals surface area contributed by atoms with Crippen LogP contribution in [0.25, 0.3) is 0 Å². The Morgan fingerprint density at radius 1 is 1.25 bits per heavy atom. The molecule has 2 saturated heterocycles. The number of hydrogen-bond acceptors (Lipinski definition) is 8. The summed E-state index contributed by atoms with van der Waals surface area (Å²) in [7, 11) is 2.04. The molecule has 0 aliphatic carbocycles. The fourth-order valence-electron chi connectivity index (χ4n) is 4.66. The Hall–Kier alpha value is -3.57. The van der Waals surface area contributed by atoms with Crippen molar-refractivity contribution in [3.8, 4) is 11.8 Å². The molecule has 3 atom stereocenters. The molecule has 3 unspecified atom stereocenters. The van der Waals surface area contributed by atoms with Crippen molar-refractivity contribution in [3.63, 3.8) is 0 Å². The van der Waals surface area contributed by atoms with Crippen molar-refractivity contribution in [2.24, 2.45) is 20.7 Å². The second-order valence-electron chi connectivity index (χ2n) is 9.15. The summed E-state index contributed by atoms with van der Waals surface area (Å²) in [6.07, 6.45) is 2.12. The van der Waals surface area contributed by atoms with Gasteiger partial charge in [-0.1, -0.05) is 31.4 Å². The molecule has 3 heterocycles. The normalized spacial score (nSPS) is 23.6. The summed E-state index contributed by atoms with van der Waals surface area (Å²) >= 11 is 0. The van der Waals surface area contributed by atoms with Crippen molar-refractivity contribution in [1.29, 1.82) is 0 Å². The summed E-state index contributed by atoms with van der Waals surface area (Å²) in [6, 6.07) is 8.12. The smallest absolute Gasteiger partial charge is 0.196 e. The Bertz CT molecular complexity index is 1090. The molecule has 8 nitrogen and oxygen atoms in total. The molecule has 8 heteroatoms. The first-order chi connectivity index (χ1) is 17.3. The Morgan fingerprint density at radius 3 is 2.64 bits per heavy atom. The molecule has 3 aliphatic rings. The number of guanidine groups is 1. The maximum absolute atomic E-state index is 6.18. The van der Waals surface area contributed by atoms with E-state index in [2.05, 4.69) is 56.7 Å². The first-order valence-electron chi connectivity index (χ1n) is 12.5. The highest BCUT2D eigenvalue weighted by Gasteiger charge is 2.43. The number of nitrogens with two attached hydrogens (primary N) is 1. The van der Waals surface area contributed by atoms with Gasteiger partial charge in [0.15, 0.2) is 12.1 Å². The Kier molecular flexibility index (Phi) is 9.31. The number of para-hydroxylation sites is 1. The van der Waals surface area contributed by atoms with Gasteiger partial charge in [-0.3, -0.25) is 9.98 Å². The topological polar surface area (TPSA) is 84.8 Å². The van der Waals surface area contributed by atoms with Crippen molar-refractivity contribution in [1.82, 2.24) is 20.0 Å². The molecule has 0 amide bonds. The number of piperidine rings is 1. The van der Waals surface area contributed by atoms with E-state index in [1.807, 2.05) is 52.1 Å². The summed E-state index contributed by atoms with van der Waals surface area (Å²) < 4.78 is 0. The second-order valence-corrected chi connectivity index (χ2v) is 9.15. The van der Waals surface area contributed by atoms with Gasteiger partial charge in [0.1, 0.15) is 11.9 Å². The molecule has 1 aromatic rings. The molecule has 0 aromatic heterocycles. The van der Waals surface area contributed by atoms with Gasteiger partial charge < -0.3 is 25.8 Å². The zero-order valence-electron chi connectivity index (χ0n) is 22.2. The molecule has 3 N–H and O–H groups in total. The Morgan fingerprint density at radius 2 is 1.97 bits per heavy atom. The lowest BCUT2D eigenvalue weighted by Crippen LogP contribution is -2.56. The summed E-state index contributed by atoms with van der Waals surface area (Å²) in [6.45, 7) is 21.1. The van der Waals surface area contributed by atoms with Crippen LogP contribution in [-0.4, -0.2) is 84.6 Å². The maximum Gasteiger partial charge on any atom is 0.196 e. The van der Waals surface area contributed by atoms with E-state index in [4.69, 9.17) is 15.7 Å². The van der Waals surface area contributed by atoms with E-state index in [1.54, 1.807) is 0 Å². The van der Waals surface area contributed by atoms with Crippen LogP contribution in [0.2, 0.25) is 0 Å². The number of aliphatic imine (C=N–C) groups is 3. The van der Waals surface area contributed by atoms with E-state index in [-0.39, 0.29) is 18.2 Å². The average Bonchev–Trinajstić information content (AvgIpc) is 3.35. The van der Waals surface area contributed by atoms with Gasteiger partial charge in [-0.15, -0.1) is 11.8 Å². The van der Waals surface area contributed by atoms with Gasteiger partial charge in [0, 0.05) is 49.7 Å². The van der Waals surface area contributed by atoms with Gasteiger partial charge in [-0.2, -0.15) is 0 Å². The van der Waals surface area contributed by atoms with Gasteiger partial charge in [0.25, 0.3) is 0 Å². The molecule has 3 aliphatic heterocycles. The van der Waals surface area contributed by atoms with Gasteiger partial charge in [-0.05, 0) is 46.4 Å². The molecule has 36 heavy (non-hydrogen) atoms. The van der Waals surface area contributed by atoms with Crippen molar-refractivity contribution in [2.45, 2.75) is 51.9 Å². The summed E-state index contributed by atoms with van der Waals surface area (Å²) in [5, 5.41) is 3.60. The van der Waals surface area contributed by atoms with Crippen molar-refractivity contribution in [3.05, 3.63) is 54.5 Å². The van der Waals surface area contributed by atoms with Gasteiger partial charge in [-0.25, -0.2) is 4.99 Å². The minimum atomic E-state index is -0.0461. The molecule has 0 spiro atoms. The molecule has 1 aromatic carbocycles. The highest BCUT2D eigenvalue weighted by Crippen LogP contribution is 2.32. The highest BCUT2D eigenvalue weighted by atomic mass is 15.5. The predicted molar refractivity (Wildman–Crippen MR) is 152 cm³/mol. The molecular formula is C28H40N8. The standard InChI is InChI=1S/C24H34N8.C4H6/c1-16(20-10-6-7-11-21(20)26-4)27-12-14-32-17(2)22-23(30(5)18(32)3)29-24(28-22)31-13-8-9-19(25)15-31;1-3-4-2/h6-7,10-11,19,22-23H,2-4,8-9,12-15,25H2,1,5H3,(H,28,29);1-2H3. The fraction of sp³-hybridized carbons (Fsp3) is 0.464. The minimum Gasteiger partial charge on any atom is -0.344 e. The predicted octanol–water partition coefficient (Wildman–Crippen LogP) is 3.17. The van der Waals surface area contributed by atoms with E-state index < -0.39 is 0 Å². The number of likely N-dealkylation sites (tertiary alicyclic amines) is 1. The summed E-state index contributed by atoms with van der Waals surface area (Å²) in [5.74, 6) is 7.17. The average molecular weight is 489 g/mol. The zero-order valence-corrected chi connectivity index (χ0v) is 22.2. The maximum atomic E-state index is 6.18. The number of nitrogens with zero attached hydrogens (tertiary/aromatic N) is 6. The van der Waals surface area contributed by atoms with Crippen LogP contribution in [0.3, 0.4) is 0 Å².